The normalized spacial score (nSPS) is 13.0. The Kier molecular flexibility index (Phi) is 39.2. The summed E-state index contributed by atoms with van der Waals surface area (Å²) in [5.41, 5.74) is 25.1. The number of rotatable bonds is 0. The van der Waals surface area contributed by atoms with E-state index in [1.807, 2.05) is 91.5 Å². The standard InChI is InChI=1S/C13H17N.2C12H15N.C10H12N2.2C10H15N.C10H14O.C10H14.C9H13NO.C8H14N2.C8H12S/c1-9-12-7-11(13(2,3)4)6-5-10(12)8-14-9;1-12(2,3)10-5-4-9-6-7-13-11(9)8-10;1-12(2,3)10-7-9-5-4-6-11(9)13-8-10;1-10(2,3)8-5-6-9(11-4)12-7-8;1-8-5-9(7-11-6-8)10(2,3)4;1-8-5-6-9(7-11-8)10(2,3)4;1-10(2,3)8-4-6-9(11)7-5-8;1-10(2,3)9-7-5-4-6-8-9;1-9(2,3)7-4-5-8(11)10-6-7;1-8(2,3)7-5-6-10(4)9-7;1-8(2,3)7-5-4-6-9-7/h5-7H,8H2,1-4H3;4-8,13H,1-3H3;4-5,7-8H,6H2,1-3H3;5-7H,1-3H3;2*5-7H,1-4H3;4-6H,7H2,1-3H3;4-8H,1-3H3;4-6H,1-3H3,(H,10,11);5-6H,1-4H3;4-6H,1-3H3. The lowest BCUT2D eigenvalue weighted by atomic mass is 9.83. The van der Waals surface area contributed by atoms with Crippen LogP contribution in [0.15, 0.2) is 234 Å². The Hall–Kier alpha value is -10.3. The molecule has 13 heteroatoms. The highest BCUT2D eigenvalue weighted by molar-refractivity contribution is 7.10. The maximum atomic E-state index is 10.8. The van der Waals surface area contributed by atoms with Crippen molar-refractivity contribution >= 4 is 45.6 Å². The Morgan fingerprint density at radius 1 is 0.440 bits per heavy atom. The van der Waals surface area contributed by atoms with E-state index in [1.54, 1.807) is 30.6 Å². The Bertz CT molecular complexity index is 5340. The fourth-order valence-corrected chi connectivity index (χ4v) is 12.9. The molecule has 0 fully saturated rings. The number of carbonyl (C=O) groups is 1. The average molecular weight is 1710 g/mol. The molecule has 14 rings (SSSR count). The van der Waals surface area contributed by atoms with Crippen LogP contribution in [0.25, 0.3) is 21.8 Å². The number of aromatic amines is 2. The van der Waals surface area contributed by atoms with Crippen LogP contribution in [-0.4, -0.2) is 51.2 Å². The lowest BCUT2D eigenvalue weighted by molar-refractivity contribution is -0.113. The van der Waals surface area contributed by atoms with Gasteiger partial charge in [-0.3, -0.25) is 34.2 Å². The first-order chi connectivity index (χ1) is 57.4. The molecule has 0 atom stereocenters. The molecule has 3 aliphatic rings. The minimum Gasteiger partial charge on any atom is -0.361 e. The van der Waals surface area contributed by atoms with Crippen LogP contribution in [0.1, 0.15) is 331 Å². The van der Waals surface area contributed by atoms with Crippen LogP contribution < -0.4 is 5.56 Å². The maximum absolute atomic E-state index is 10.8. The summed E-state index contributed by atoms with van der Waals surface area (Å²) in [5.74, 6) is 0.668. The molecular formula is C112H156N10O2S. The number of pyridine rings is 5. The zero-order valence-electron chi connectivity index (χ0n) is 83.8. The van der Waals surface area contributed by atoms with E-state index in [9.17, 15) is 9.59 Å². The number of allylic oxidation sites excluding steroid dienone is 5. The van der Waals surface area contributed by atoms with Gasteiger partial charge in [-0.1, -0.05) is 344 Å². The number of ketones is 1. The predicted molar refractivity (Wildman–Crippen MR) is 540 cm³/mol. The van der Waals surface area contributed by atoms with Crippen molar-refractivity contribution in [2.75, 3.05) is 0 Å². The first kappa shape index (κ1) is 107. The third-order valence-corrected chi connectivity index (χ3v) is 22.2. The van der Waals surface area contributed by atoms with Gasteiger partial charge in [0.15, 0.2) is 5.78 Å². The van der Waals surface area contributed by atoms with Gasteiger partial charge in [-0.2, -0.15) is 5.10 Å². The molecule has 2 aliphatic carbocycles. The van der Waals surface area contributed by atoms with Crippen LogP contribution in [-0.2, 0) is 79.0 Å². The predicted octanol–water partition coefficient (Wildman–Crippen LogP) is 29.9. The van der Waals surface area contributed by atoms with Crippen molar-refractivity contribution in [1.29, 1.82) is 0 Å². The van der Waals surface area contributed by atoms with Gasteiger partial charge < -0.3 is 14.8 Å². The summed E-state index contributed by atoms with van der Waals surface area (Å²) < 4.78 is 1.83. The molecule has 0 saturated carbocycles. The highest BCUT2D eigenvalue weighted by Gasteiger charge is 2.24. The third kappa shape index (κ3) is 38.6. The molecular weight excluding hydrogens is 1550 g/mol. The van der Waals surface area contributed by atoms with Crippen LogP contribution in [0.3, 0.4) is 0 Å². The maximum Gasteiger partial charge on any atom is 0.269 e. The van der Waals surface area contributed by atoms with Crippen LogP contribution in [0, 0.1) is 25.8 Å². The number of nitrogens with one attached hydrogen (secondary N) is 2. The van der Waals surface area contributed by atoms with Crippen molar-refractivity contribution in [3.05, 3.63) is 335 Å². The van der Waals surface area contributed by atoms with Gasteiger partial charge in [0, 0.05) is 102 Å². The van der Waals surface area contributed by atoms with E-state index in [1.165, 1.54) is 88.4 Å². The number of thiophene rings is 1. The van der Waals surface area contributed by atoms with Gasteiger partial charge in [0.05, 0.1) is 17.9 Å². The van der Waals surface area contributed by atoms with Crippen LogP contribution in [0.4, 0.5) is 5.82 Å². The monoisotopic (exact) mass is 1710 g/mol. The molecule has 0 saturated heterocycles. The average Bonchev–Trinajstić information content (AvgIpc) is 1.68. The van der Waals surface area contributed by atoms with Gasteiger partial charge in [0.1, 0.15) is 6.20 Å². The van der Waals surface area contributed by atoms with Gasteiger partial charge in [0.25, 0.3) is 5.82 Å². The number of hydrogen-bond acceptors (Lipinski definition) is 9. The van der Waals surface area contributed by atoms with Crippen LogP contribution >= 0.6 is 11.3 Å². The van der Waals surface area contributed by atoms with Crippen molar-refractivity contribution in [2.45, 2.75) is 323 Å². The minimum absolute atomic E-state index is 0.0435. The van der Waals surface area contributed by atoms with E-state index >= 15 is 0 Å². The summed E-state index contributed by atoms with van der Waals surface area (Å²) >= 11 is 1.83. The van der Waals surface area contributed by atoms with Crippen LogP contribution in [0.5, 0.6) is 0 Å². The number of carbonyl (C=O) groups excluding carboxylic acids is 1. The highest BCUT2D eigenvalue weighted by atomic mass is 32.1. The summed E-state index contributed by atoms with van der Waals surface area (Å²) in [6, 6.07) is 48.1. The van der Waals surface area contributed by atoms with Gasteiger partial charge in [-0.15, -0.1) is 16.3 Å². The first-order valence-electron chi connectivity index (χ1n) is 44.2. The molecule has 0 spiro atoms. The van der Waals surface area contributed by atoms with E-state index in [0.29, 0.717) is 23.1 Å². The van der Waals surface area contributed by atoms with Crippen LogP contribution in [0.2, 0.25) is 0 Å². The minimum atomic E-state index is -0.0435. The van der Waals surface area contributed by atoms with Crippen molar-refractivity contribution in [3.63, 3.8) is 0 Å². The number of hydrogen-bond donors (Lipinski definition) is 2. The number of benzene rings is 3. The lowest BCUT2D eigenvalue weighted by Crippen LogP contribution is -2.14. The van der Waals surface area contributed by atoms with Gasteiger partial charge in [0.2, 0.25) is 5.56 Å². The lowest BCUT2D eigenvalue weighted by Gasteiger charge is -2.21. The summed E-state index contributed by atoms with van der Waals surface area (Å²) in [6.45, 7) is 86.1. The fourth-order valence-electron chi connectivity index (χ4n) is 12.0. The van der Waals surface area contributed by atoms with Crippen molar-refractivity contribution in [2.24, 2.45) is 17.5 Å². The smallest absolute Gasteiger partial charge is 0.269 e. The van der Waals surface area contributed by atoms with E-state index in [2.05, 4.69) is 420 Å². The summed E-state index contributed by atoms with van der Waals surface area (Å²) in [6.07, 6.45) is 26.8. The Morgan fingerprint density at radius 2 is 0.976 bits per heavy atom. The third-order valence-electron chi connectivity index (χ3n) is 20.9. The molecule has 0 bridgehead atoms. The number of aromatic nitrogens is 8. The van der Waals surface area contributed by atoms with E-state index in [0.717, 1.165) is 35.5 Å². The second kappa shape index (κ2) is 45.7. The quantitative estimate of drug-likeness (QED) is 0.143. The number of fused-ring (bicyclic) bond motifs is 3. The molecule has 1 aliphatic heterocycles. The molecule has 125 heavy (non-hydrogen) atoms. The molecule has 0 amide bonds. The Labute approximate surface area is 760 Å². The van der Waals surface area contributed by atoms with Gasteiger partial charge >= 0.3 is 0 Å². The SMILES string of the molecule is CC(C)(C)C1=CCC(=O)C=C1.CC(C)(C)c1ccc(=O)[nH]c1.CC(C)(C)c1ccc2cc[nH]c2c1.CC(C)(C)c1ccccc1.CC(C)(C)c1cccs1.CC(C)(C)c1cnc2c(c1)C=CC2.CC1=NCc2ccc(C(C)(C)C)cc21.Cc1ccc(C(C)(C)C)cn1.Cc1cncc(C(C)(C)C)c1.Cn1ccc(C(C)(C)C)n1.[C-]#[N+]c1ccc(C(C)(C)C)cn1. The molecule has 3 aromatic carbocycles. The number of aliphatic imine (C=N–C) groups is 1. The zero-order chi connectivity index (χ0) is 94.7. The number of aryl methyl sites for hydroxylation is 3. The molecule has 11 aromatic rings. The molecule has 8 aromatic heterocycles. The highest BCUT2D eigenvalue weighted by Crippen LogP contribution is 2.33. The van der Waals surface area contributed by atoms with Crippen molar-refractivity contribution in [3.8, 4) is 0 Å². The Balaban J connectivity index is 0.000000289. The summed E-state index contributed by atoms with van der Waals surface area (Å²) in [5, 5.41) is 7.71. The van der Waals surface area contributed by atoms with Crippen molar-refractivity contribution in [1.82, 2.24) is 39.7 Å². The first-order valence-corrected chi connectivity index (χ1v) is 45.0. The fraction of sp³-hybridized carbons (Fsp3) is 0.455. The molecule has 0 radical (unpaired) electrons. The molecule has 12 nitrogen and oxygen atoms in total. The largest absolute Gasteiger partial charge is 0.361 e. The second-order valence-electron chi connectivity index (χ2n) is 43.9. The summed E-state index contributed by atoms with van der Waals surface area (Å²) in [7, 11) is 1.94. The Morgan fingerprint density at radius 3 is 1.40 bits per heavy atom. The second-order valence-corrected chi connectivity index (χ2v) is 44.9. The molecule has 672 valence electrons. The van der Waals surface area contributed by atoms with E-state index in [-0.39, 0.29) is 60.1 Å². The van der Waals surface area contributed by atoms with Gasteiger partial charge in [-0.05, 0) is 207 Å². The van der Waals surface area contributed by atoms with Gasteiger partial charge in [-0.25, -0.2) is 0 Å². The van der Waals surface area contributed by atoms with Crippen molar-refractivity contribution < 1.29 is 4.79 Å². The number of nitrogens with zero attached hydrogens (tertiary/aromatic N) is 8. The topological polar surface area (TPSA) is 152 Å². The number of H-pyrrole nitrogens is 2. The zero-order valence-corrected chi connectivity index (χ0v) is 84.6. The summed E-state index contributed by atoms with van der Waals surface area (Å²) in [4.78, 5) is 53.4. The van der Waals surface area contributed by atoms with E-state index < -0.39 is 0 Å². The molecule has 9 heterocycles. The molecule has 2 N–H and O–H groups in total. The van der Waals surface area contributed by atoms with E-state index in [4.69, 9.17) is 6.57 Å². The molecule has 0 unspecified atom stereocenters.